The Hall–Kier alpha value is -2.48. The number of likely N-dealkylation sites (tertiary alicyclic amines) is 1. The van der Waals surface area contributed by atoms with Gasteiger partial charge < -0.3 is 9.84 Å². The summed E-state index contributed by atoms with van der Waals surface area (Å²) in [6.45, 7) is 7.45. The number of nitrogens with zero attached hydrogens (tertiary/aromatic N) is 4. The summed E-state index contributed by atoms with van der Waals surface area (Å²) in [6, 6.07) is 10.9. The molecule has 2 aromatic carbocycles. The predicted octanol–water partition coefficient (Wildman–Crippen LogP) is 4.60. The minimum absolute atomic E-state index is 0.0579. The van der Waals surface area contributed by atoms with Crippen LogP contribution in [0.25, 0.3) is 5.69 Å². The first-order valence-corrected chi connectivity index (χ1v) is 11.8. The van der Waals surface area contributed by atoms with Gasteiger partial charge in [0.1, 0.15) is 29.3 Å². The van der Waals surface area contributed by atoms with Crippen LogP contribution in [0.3, 0.4) is 0 Å². The molecule has 1 saturated heterocycles. The number of rotatable bonds is 5. The number of ether oxygens (including phenoxy) is 1. The van der Waals surface area contributed by atoms with Crippen molar-refractivity contribution >= 4 is 11.6 Å². The van der Waals surface area contributed by atoms with Crippen LogP contribution in [0.2, 0.25) is 5.02 Å². The maximum Gasteiger partial charge on any atom is 0.140 e. The van der Waals surface area contributed by atoms with Crippen molar-refractivity contribution in [2.75, 3.05) is 13.1 Å². The Bertz CT molecular complexity index is 1160. The molecule has 3 atom stereocenters. The molecule has 1 aliphatic heterocycles. The Kier molecular flexibility index (Phi) is 5.89. The van der Waals surface area contributed by atoms with Crippen LogP contribution in [0, 0.1) is 12.7 Å². The second-order valence-corrected chi connectivity index (χ2v) is 9.73. The largest absolute Gasteiger partial charge is 0.484 e. The van der Waals surface area contributed by atoms with Crippen LogP contribution >= 0.6 is 11.6 Å². The highest BCUT2D eigenvalue weighted by Gasteiger charge is 2.42. The van der Waals surface area contributed by atoms with E-state index in [0.29, 0.717) is 35.7 Å². The molecule has 6 nitrogen and oxygen atoms in total. The third-order valence-corrected chi connectivity index (χ3v) is 6.87. The van der Waals surface area contributed by atoms with Gasteiger partial charge in [0.05, 0.1) is 12.1 Å². The molecular weight excluding hydrogens is 443 g/mol. The third kappa shape index (κ3) is 4.14. The van der Waals surface area contributed by atoms with Gasteiger partial charge in [0.15, 0.2) is 0 Å². The molecule has 2 aliphatic rings. The summed E-state index contributed by atoms with van der Waals surface area (Å²) < 4.78 is 23.2. The fourth-order valence-corrected chi connectivity index (χ4v) is 5.25. The third-order valence-electron chi connectivity index (χ3n) is 6.65. The molecule has 0 amide bonds. The normalized spacial score (nSPS) is 22.8. The van der Waals surface area contributed by atoms with Crippen LogP contribution in [0.5, 0.6) is 5.75 Å². The first kappa shape index (κ1) is 22.3. The monoisotopic (exact) mass is 470 g/mol. The number of benzene rings is 2. The molecule has 2 heterocycles. The molecule has 0 bridgehead atoms. The zero-order chi connectivity index (χ0) is 23.3. The van der Waals surface area contributed by atoms with Crippen LogP contribution in [-0.4, -0.2) is 50.0 Å². The number of β-amino-alcohol motifs (C(OH)–C–C–N with tert-alkyl or cyclic N) is 1. The number of aromatic nitrogens is 3. The molecule has 33 heavy (non-hydrogen) atoms. The van der Waals surface area contributed by atoms with Gasteiger partial charge in [0.25, 0.3) is 0 Å². The Morgan fingerprint density at radius 3 is 2.61 bits per heavy atom. The molecule has 1 aliphatic carbocycles. The standard InChI is InChI=1S/C25H28ClFN4O2/c1-14(2)25-29-28-15(3)31(25)17-4-6-19(7-5-17)33-24-21-10-16(26)11-22(27)20(21)12-23(24)30-9-8-18(32)13-30/h4-7,10-11,14,18,23-24,32H,8-9,12-13H2,1-3H3/t18?,23-,24-/m0/s1. The first-order valence-electron chi connectivity index (χ1n) is 11.4. The highest BCUT2D eigenvalue weighted by atomic mass is 35.5. The highest BCUT2D eigenvalue weighted by molar-refractivity contribution is 6.30. The molecule has 1 N–H and O–H groups in total. The Morgan fingerprint density at radius 2 is 1.94 bits per heavy atom. The van der Waals surface area contributed by atoms with E-state index in [1.54, 1.807) is 6.07 Å². The average Bonchev–Trinajstić information content (AvgIpc) is 3.46. The van der Waals surface area contributed by atoms with Gasteiger partial charge >= 0.3 is 0 Å². The maximum absolute atomic E-state index is 14.7. The summed E-state index contributed by atoms with van der Waals surface area (Å²) in [7, 11) is 0. The number of hydrogen-bond donors (Lipinski definition) is 1. The molecule has 1 fully saturated rings. The Labute approximate surface area is 198 Å². The summed E-state index contributed by atoms with van der Waals surface area (Å²) in [6.07, 6.45) is 0.524. The van der Waals surface area contributed by atoms with Crippen LogP contribution in [0.1, 0.15) is 55.1 Å². The number of fused-ring (bicyclic) bond motifs is 1. The average molecular weight is 471 g/mol. The minimum atomic E-state index is -0.368. The van der Waals surface area contributed by atoms with E-state index in [-0.39, 0.29) is 30.0 Å². The fraction of sp³-hybridized carbons (Fsp3) is 0.440. The van der Waals surface area contributed by atoms with Crippen molar-refractivity contribution in [1.29, 1.82) is 0 Å². The quantitative estimate of drug-likeness (QED) is 0.590. The number of halogens is 2. The zero-order valence-electron chi connectivity index (χ0n) is 19.0. The molecule has 0 radical (unpaired) electrons. The van der Waals surface area contributed by atoms with Crippen molar-refractivity contribution in [1.82, 2.24) is 19.7 Å². The molecule has 5 rings (SSSR count). The van der Waals surface area contributed by atoms with Gasteiger partial charge in [-0.3, -0.25) is 9.47 Å². The topological polar surface area (TPSA) is 63.4 Å². The number of aliphatic hydroxyl groups excluding tert-OH is 1. The van der Waals surface area contributed by atoms with E-state index in [4.69, 9.17) is 16.3 Å². The maximum atomic E-state index is 14.7. The van der Waals surface area contributed by atoms with Crippen molar-refractivity contribution in [2.45, 2.75) is 57.8 Å². The summed E-state index contributed by atoms with van der Waals surface area (Å²) in [4.78, 5) is 2.20. The van der Waals surface area contributed by atoms with Crippen LogP contribution < -0.4 is 4.74 Å². The van der Waals surface area contributed by atoms with E-state index >= 15 is 0 Å². The molecule has 1 unspecified atom stereocenters. The van der Waals surface area contributed by atoms with E-state index < -0.39 is 0 Å². The summed E-state index contributed by atoms with van der Waals surface area (Å²) >= 11 is 6.20. The summed E-state index contributed by atoms with van der Waals surface area (Å²) in [5.74, 6) is 2.37. The second-order valence-electron chi connectivity index (χ2n) is 9.29. The Morgan fingerprint density at radius 1 is 1.18 bits per heavy atom. The lowest BCUT2D eigenvalue weighted by Gasteiger charge is -2.30. The fourth-order valence-electron chi connectivity index (χ4n) is 5.04. The highest BCUT2D eigenvalue weighted by Crippen LogP contribution is 2.41. The van der Waals surface area contributed by atoms with Crippen LogP contribution in [-0.2, 0) is 6.42 Å². The van der Waals surface area contributed by atoms with Crippen molar-refractivity contribution in [2.24, 2.45) is 0 Å². The van der Waals surface area contributed by atoms with Gasteiger partial charge in [-0.05, 0) is 61.7 Å². The number of aliphatic hydroxyl groups is 1. The van der Waals surface area contributed by atoms with E-state index in [1.807, 2.05) is 35.8 Å². The van der Waals surface area contributed by atoms with Crippen molar-refractivity contribution in [3.05, 3.63) is 70.0 Å². The van der Waals surface area contributed by atoms with Gasteiger partial charge in [-0.25, -0.2) is 4.39 Å². The summed E-state index contributed by atoms with van der Waals surface area (Å²) in [5.41, 5.74) is 2.40. The smallest absolute Gasteiger partial charge is 0.140 e. The van der Waals surface area contributed by atoms with Gasteiger partial charge in [-0.2, -0.15) is 0 Å². The van der Waals surface area contributed by atoms with Crippen LogP contribution in [0.4, 0.5) is 4.39 Å². The predicted molar refractivity (Wildman–Crippen MR) is 125 cm³/mol. The molecular formula is C25H28ClFN4O2. The van der Waals surface area contributed by atoms with Crippen LogP contribution in [0.15, 0.2) is 36.4 Å². The van der Waals surface area contributed by atoms with E-state index in [1.165, 1.54) is 6.07 Å². The zero-order valence-corrected chi connectivity index (χ0v) is 19.8. The van der Waals surface area contributed by atoms with E-state index in [2.05, 4.69) is 28.9 Å². The lowest BCUT2D eigenvalue weighted by molar-refractivity contribution is 0.0818. The van der Waals surface area contributed by atoms with Crippen molar-refractivity contribution in [3.63, 3.8) is 0 Å². The lowest BCUT2D eigenvalue weighted by atomic mass is 10.1. The molecule has 174 valence electrons. The second kappa shape index (κ2) is 8.70. The van der Waals surface area contributed by atoms with Gasteiger partial charge in [0, 0.05) is 35.3 Å². The lowest BCUT2D eigenvalue weighted by Crippen LogP contribution is -2.39. The number of aryl methyl sites for hydroxylation is 1. The summed E-state index contributed by atoms with van der Waals surface area (Å²) in [5, 5.41) is 19.0. The molecule has 0 spiro atoms. The van der Waals surface area contributed by atoms with E-state index in [9.17, 15) is 9.50 Å². The molecule has 8 heteroatoms. The van der Waals surface area contributed by atoms with Crippen molar-refractivity contribution < 1.29 is 14.2 Å². The van der Waals surface area contributed by atoms with Gasteiger partial charge in [-0.1, -0.05) is 25.4 Å². The SMILES string of the molecule is Cc1nnc(C(C)C)n1-c1ccc(O[C@H]2c3cc(Cl)cc(F)c3C[C@@H]2N2CCC(O)C2)cc1. The molecule has 0 saturated carbocycles. The number of hydrogen-bond acceptors (Lipinski definition) is 5. The van der Waals surface area contributed by atoms with Gasteiger partial charge in [-0.15, -0.1) is 10.2 Å². The van der Waals surface area contributed by atoms with E-state index in [0.717, 1.165) is 29.4 Å². The molecule has 3 aromatic rings. The first-order chi connectivity index (χ1) is 15.8. The van der Waals surface area contributed by atoms with Crippen molar-refractivity contribution in [3.8, 4) is 11.4 Å². The van der Waals surface area contributed by atoms with Gasteiger partial charge in [0.2, 0.25) is 0 Å². The molecule has 1 aromatic heterocycles. The minimum Gasteiger partial charge on any atom is -0.484 e. The Balaban J connectivity index is 1.45.